The average molecular weight is 286 g/mol. The maximum Gasteiger partial charge on any atom is 0.308 e. The molecule has 2 unspecified atom stereocenters. The van der Waals surface area contributed by atoms with E-state index in [2.05, 4.69) is 5.32 Å². The monoisotopic (exact) mass is 286 g/mol. The van der Waals surface area contributed by atoms with Crippen molar-refractivity contribution in [3.63, 3.8) is 0 Å². The number of hydrogen-bond donors (Lipinski definition) is 2. The molecule has 1 heterocycles. The van der Waals surface area contributed by atoms with Crippen LogP contribution < -0.4 is 5.32 Å². The fourth-order valence-electron chi connectivity index (χ4n) is 2.04. The van der Waals surface area contributed by atoms with Gasteiger partial charge in [-0.25, -0.2) is 0 Å². The predicted octanol–water partition coefficient (Wildman–Crippen LogP) is -0.149. The quantitative estimate of drug-likeness (QED) is 0.678. The molecule has 1 aliphatic rings. The number of carbonyl (C=O) groups excluding carboxylic acids is 2. The van der Waals surface area contributed by atoms with Gasteiger partial charge in [0.2, 0.25) is 5.91 Å². The second kappa shape index (κ2) is 7.84. The summed E-state index contributed by atoms with van der Waals surface area (Å²) >= 11 is 0. The van der Waals surface area contributed by atoms with E-state index in [1.807, 2.05) is 0 Å². The van der Waals surface area contributed by atoms with Gasteiger partial charge in [-0.15, -0.1) is 0 Å². The van der Waals surface area contributed by atoms with Crippen LogP contribution in [0.25, 0.3) is 0 Å². The smallest absolute Gasteiger partial charge is 0.308 e. The van der Waals surface area contributed by atoms with Gasteiger partial charge < -0.3 is 20.1 Å². The van der Waals surface area contributed by atoms with Crippen molar-refractivity contribution >= 4 is 17.8 Å². The number of nitrogens with zero attached hydrogens (tertiary/aromatic N) is 1. The van der Waals surface area contributed by atoms with Crippen molar-refractivity contribution in [3.8, 4) is 0 Å². The van der Waals surface area contributed by atoms with Crippen molar-refractivity contribution in [1.29, 1.82) is 0 Å². The van der Waals surface area contributed by atoms with Gasteiger partial charge in [0, 0.05) is 33.2 Å². The largest absolute Gasteiger partial charge is 0.481 e. The molecule has 0 aromatic rings. The van der Waals surface area contributed by atoms with Gasteiger partial charge in [-0.1, -0.05) is 6.92 Å². The molecule has 7 nitrogen and oxygen atoms in total. The molecule has 0 spiro atoms. The number of nitrogens with one attached hydrogen (secondary N) is 1. The lowest BCUT2D eigenvalue weighted by atomic mass is 10.1. The van der Waals surface area contributed by atoms with Crippen molar-refractivity contribution in [2.75, 3.05) is 26.2 Å². The zero-order chi connectivity index (χ0) is 15.1. The van der Waals surface area contributed by atoms with E-state index in [-0.39, 0.29) is 24.9 Å². The van der Waals surface area contributed by atoms with Gasteiger partial charge in [-0.3, -0.25) is 14.4 Å². The van der Waals surface area contributed by atoms with Crippen LogP contribution in [0.3, 0.4) is 0 Å². The molecule has 0 bridgehead atoms. The summed E-state index contributed by atoms with van der Waals surface area (Å²) in [5.41, 5.74) is 0. The van der Waals surface area contributed by atoms with Gasteiger partial charge in [0.1, 0.15) is 6.10 Å². The van der Waals surface area contributed by atoms with Crippen molar-refractivity contribution in [2.24, 2.45) is 5.92 Å². The number of ether oxygens (including phenoxy) is 1. The molecule has 0 saturated carbocycles. The lowest BCUT2D eigenvalue weighted by molar-refractivity contribution is -0.146. The van der Waals surface area contributed by atoms with Crippen LogP contribution in [0.15, 0.2) is 0 Å². The molecule has 20 heavy (non-hydrogen) atoms. The highest BCUT2D eigenvalue weighted by Crippen LogP contribution is 2.15. The molecule has 0 aromatic carbocycles. The Labute approximate surface area is 118 Å². The Bertz CT molecular complexity index is 366. The second-order valence-electron chi connectivity index (χ2n) is 5.01. The van der Waals surface area contributed by atoms with Gasteiger partial charge >= 0.3 is 5.97 Å². The summed E-state index contributed by atoms with van der Waals surface area (Å²) in [5.74, 6) is -1.98. The molecule has 114 valence electrons. The van der Waals surface area contributed by atoms with E-state index in [0.29, 0.717) is 19.6 Å². The Morgan fingerprint density at radius 2 is 2.15 bits per heavy atom. The van der Waals surface area contributed by atoms with Gasteiger partial charge in [-0.05, 0) is 12.8 Å². The van der Waals surface area contributed by atoms with Crippen molar-refractivity contribution in [2.45, 2.75) is 32.8 Å². The van der Waals surface area contributed by atoms with Crippen molar-refractivity contribution in [1.82, 2.24) is 10.2 Å². The van der Waals surface area contributed by atoms with E-state index < -0.39 is 18.0 Å². The number of carboxylic acid groups (broad SMARTS) is 1. The summed E-state index contributed by atoms with van der Waals surface area (Å²) in [5, 5.41) is 11.6. The van der Waals surface area contributed by atoms with Gasteiger partial charge in [0.05, 0.1) is 5.92 Å². The van der Waals surface area contributed by atoms with Crippen LogP contribution in [0, 0.1) is 5.92 Å². The lowest BCUT2D eigenvalue weighted by Gasteiger charge is -2.27. The van der Waals surface area contributed by atoms with Crippen molar-refractivity contribution in [3.05, 3.63) is 0 Å². The van der Waals surface area contributed by atoms with Gasteiger partial charge in [0.25, 0.3) is 5.91 Å². The first-order valence-electron chi connectivity index (χ1n) is 6.79. The van der Waals surface area contributed by atoms with E-state index in [1.54, 1.807) is 6.92 Å². The molecular weight excluding hydrogens is 264 g/mol. The molecule has 0 aliphatic carbocycles. The molecule has 2 atom stereocenters. The summed E-state index contributed by atoms with van der Waals surface area (Å²) in [7, 11) is 0. The normalized spacial score (nSPS) is 19.4. The number of carboxylic acids is 1. The van der Waals surface area contributed by atoms with E-state index in [0.717, 1.165) is 6.42 Å². The van der Waals surface area contributed by atoms with Crippen LogP contribution in [0.4, 0.5) is 0 Å². The van der Waals surface area contributed by atoms with Crippen LogP contribution in [0.5, 0.6) is 0 Å². The third-order valence-corrected chi connectivity index (χ3v) is 3.19. The molecule has 1 fully saturated rings. The minimum absolute atomic E-state index is 0.119. The maximum atomic E-state index is 12.3. The van der Waals surface area contributed by atoms with E-state index in [1.165, 1.54) is 11.8 Å². The highest BCUT2D eigenvalue weighted by molar-refractivity contribution is 5.82. The molecule has 1 aliphatic heterocycles. The molecule has 1 rings (SSSR count). The molecule has 0 radical (unpaired) electrons. The summed E-state index contributed by atoms with van der Waals surface area (Å²) in [6, 6.07) is 0. The van der Waals surface area contributed by atoms with Crippen LogP contribution in [-0.2, 0) is 19.1 Å². The Kier molecular flexibility index (Phi) is 6.44. The molecule has 2 amide bonds. The Hall–Kier alpha value is -1.63. The number of carbonyl (C=O) groups is 3. The lowest BCUT2D eigenvalue weighted by Crippen LogP contribution is -2.45. The molecule has 0 aromatic heterocycles. The maximum absolute atomic E-state index is 12.3. The van der Waals surface area contributed by atoms with Crippen LogP contribution in [0.1, 0.15) is 26.7 Å². The minimum Gasteiger partial charge on any atom is -0.481 e. The minimum atomic E-state index is -0.949. The van der Waals surface area contributed by atoms with Gasteiger partial charge in [-0.2, -0.15) is 0 Å². The van der Waals surface area contributed by atoms with Crippen LogP contribution in [-0.4, -0.2) is 60.1 Å². The number of amides is 2. The SMILES string of the molecule is CC(=O)NCCN(CC(C)C(=O)O)C(=O)C1CCCO1. The third-order valence-electron chi connectivity index (χ3n) is 3.19. The highest BCUT2D eigenvalue weighted by atomic mass is 16.5. The van der Waals surface area contributed by atoms with Crippen molar-refractivity contribution < 1.29 is 24.2 Å². The second-order valence-corrected chi connectivity index (χ2v) is 5.01. The summed E-state index contributed by atoms with van der Waals surface area (Å²) in [6.45, 7) is 4.22. The fourth-order valence-corrected chi connectivity index (χ4v) is 2.04. The molecular formula is C13H22N2O5. The Morgan fingerprint density at radius 3 is 2.65 bits per heavy atom. The average Bonchev–Trinajstić information content (AvgIpc) is 2.89. The zero-order valence-electron chi connectivity index (χ0n) is 11.9. The zero-order valence-corrected chi connectivity index (χ0v) is 11.9. The molecule has 7 heteroatoms. The topological polar surface area (TPSA) is 95.9 Å². The van der Waals surface area contributed by atoms with E-state index >= 15 is 0 Å². The van der Waals surface area contributed by atoms with Crippen LogP contribution in [0.2, 0.25) is 0 Å². The first kappa shape index (κ1) is 16.4. The number of aliphatic carboxylic acids is 1. The Morgan fingerprint density at radius 1 is 1.45 bits per heavy atom. The molecule has 2 N–H and O–H groups in total. The van der Waals surface area contributed by atoms with Crippen LogP contribution >= 0.6 is 0 Å². The predicted molar refractivity (Wildman–Crippen MR) is 71.0 cm³/mol. The third kappa shape index (κ3) is 5.16. The number of rotatable bonds is 7. The first-order chi connectivity index (χ1) is 9.41. The standard InChI is InChI=1S/C13H22N2O5/c1-9(13(18)19)8-15(6-5-14-10(2)16)12(17)11-4-3-7-20-11/h9,11H,3-8H2,1-2H3,(H,14,16)(H,18,19). The first-order valence-corrected chi connectivity index (χ1v) is 6.79. The fraction of sp³-hybridized carbons (Fsp3) is 0.769. The summed E-state index contributed by atoms with van der Waals surface area (Å²) in [4.78, 5) is 35.5. The van der Waals surface area contributed by atoms with E-state index in [9.17, 15) is 14.4 Å². The Balaban J connectivity index is 2.59. The van der Waals surface area contributed by atoms with E-state index in [4.69, 9.17) is 9.84 Å². The number of hydrogen-bond acceptors (Lipinski definition) is 4. The summed E-state index contributed by atoms with van der Waals surface area (Å²) in [6.07, 6.45) is 1.02. The summed E-state index contributed by atoms with van der Waals surface area (Å²) < 4.78 is 5.34. The molecule has 1 saturated heterocycles. The highest BCUT2D eigenvalue weighted by Gasteiger charge is 2.29. The van der Waals surface area contributed by atoms with Gasteiger partial charge in [0.15, 0.2) is 0 Å².